The molecular weight excluding hydrogens is 520 g/mol. The van der Waals surface area contributed by atoms with Crippen molar-refractivity contribution in [1.29, 1.82) is 0 Å². The van der Waals surface area contributed by atoms with Crippen molar-refractivity contribution < 1.29 is 19.1 Å². The Morgan fingerprint density at radius 1 is 1.06 bits per heavy atom. The summed E-state index contributed by atoms with van der Waals surface area (Å²) in [5, 5.41) is 4.51. The summed E-state index contributed by atoms with van der Waals surface area (Å²) in [5.41, 5.74) is 5.38. The van der Waals surface area contributed by atoms with Crippen molar-refractivity contribution in [1.82, 2.24) is 5.43 Å². The first kappa shape index (κ1) is 25.5. The molecule has 3 aromatic rings. The number of amides is 1. The number of hydrogen-bond donors (Lipinski definition) is 1. The molecule has 34 heavy (non-hydrogen) atoms. The lowest BCUT2D eigenvalue weighted by Crippen LogP contribution is -2.25. The fraction of sp³-hybridized carbons (Fsp3) is 0.192. The summed E-state index contributed by atoms with van der Waals surface area (Å²) in [5.74, 6) is 0.283. The Kier molecular flexibility index (Phi) is 8.85. The second kappa shape index (κ2) is 11.8. The van der Waals surface area contributed by atoms with Crippen LogP contribution >= 0.6 is 27.5 Å². The van der Waals surface area contributed by atoms with Crippen LogP contribution in [0.4, 0.5) is 0 Å². The lowest BCUT2D eigenvalue weighted by atomic mass is 10.0. The van der Waals surface area contributed by atoms with Crippen LogP contribution in [0.1, 0.15) is 46.8 Å². The minimum absolute atomic E-state index is 0.183. The van der Waals surface area contributed by atoms with Crippen LogP contribution in [-0.4, -0.2) is 24.7 Å². The number of benzene rings is 3. The van der Waals surface area contributed by atoms with Gasteiger partial charge in [0.1, 0.15) is 11.5 Å². The standard InChI is InChI=1S/C26H24BrClN2O4/c1-16(2)22-10-4-17(3)12-24(22)33-15-25(31)30-29-14-19-13-20(27)7-11-23(19)34-26(32)18-5-8-21(28)9-6-18/h4-14,16H,15H2,1-3H3,(H,30,31)/b29-14-. The molecule has 0 bridgehead atoms. The fourth-order valence-corrected chi connectivity index (χ4v) is 3.56. The highest BCUT2D eigenvalue weighted by Gasteiger charge is 2.13. The Balaban J connectivity index is 1.64. The summed E-state index contributed by atoms with van der Waals surface area (Å²) >= 11 is 9.26. The van der Waals surface area contributed by atoms with Gasteiger partial charge in [-0.15, -0.1) is 0 Å². The van der Waals surface area contributed by atoms with Gasteiger partial charge >= 0.3 is 5.97 Å². The summed E-state index contributed by atoms with van der Waals surface area (Å²) < 4.78 is 12.0. The average Bonchev–Trinajstić information content (AvgIpc) is 2.79. The highest BCUT2D eigenvalue weighted by Crippen LogP contribution is 2.27. The van der Waals surface area contributed by atoms with E-state index in [2.05, 4.69) is 40.3 Å². The lowest BCUT2D eigenvalue weighted by molar-refractivity contribution is -0.123. The van der Waals surface area contributed by atoms with Gasteiger partial charge in [0.2, 0.25) is 0 Å². The number of hydrogen-bond acceptors (Lipinski definition) is 5. The monoisotopic (exact) mass is 542 g/mol. The van der Waals surface area contributed by atoms with E-state index in [0.29, 0.717) is 27.6 Å². The maximum absolute atomic E-state index is 12.5. The Bertz CT molecular complexity index is 1210. The van der Waals surface area contributed by atoms with Gasteiger partial charge in [0.05, 0.1) is 11.8 Å². The molecule has 8 heteroatoms. The zero-order valence-corrected chi connectivity index (χ0v) is 21.3. The summed E-state index contributed by atoms with van der Waals surface area (Å²) in [6.45, 7) is 5.92. The molecule has 176 valence electrons. The number of aryl methyl sites for hydroxylation is 1. The van der Waals surface area contributed by atoms with Crippen molar-refractivity contribution in [3.63, 3.8) is 0 Å². The molecule has 0 heterocycles. The maximum atomic E-state index is 12.5. The smallest absolute Gasteiger partial charge is 0.343 e. The summed E-state index contributed by atoms with van der Waals surface area (Å²) in [6.07, 6.45) is 1.40. The van der Waals surface area contributed by atoms with Gasteiger partial charge in [-0.05, 0) is 72.5 Å². The van der Waals surface area contributed by atoms with Crippen molar-refractivity contribution in [2.45, 2.75) is 26.7 Å². The minimum Gasteiger partial charge on any atom is -0.483 e. The van der Waals surface area contributed by atoms with E-state index in [1.54, 1.807) is 42.5 Å². The Morgan fingerprint density at radius 3 is 2.50 bits per heavy atom. The second-order valence-electron chi connectivity index (χ2n) is 7.86. The molecule has 0 saturated heterocycles. The topological polar surface area (TPSA) is 77.0 Å². The van der Waals surface area contributed by atoms with Crippen molar-refractivity contribution in [2.24, 2.45) is 5.10 Å². The zero-order valence-electron chi connectivity index (χ0n) is 19.0. The van der Waals surface area contributed by atoms with Gasteiger partial charge in [0.25, 0.3) is 5.91 Å². The molecule has 0 aliphatic rings. The molecular formula is C26H24BrClN2O4. The average molecular weight is 544 g/mol. The number of nitrogens with one attached hydrogen (secondary N) is 1. The molecule has 3 aromatic carbocycles. The summed E-state index contributed by atoms with van der Waals surface area (Å²) in [7, 11) is 0. The van der Waals surface area contributed by atoms with Gasteiger partial charge in [0.15, 0.2) is 6.61 Å². The summed E-state index contributed by atoms with van der Waals surface area (Å²) in [6, 6.07) is 17.4. The third kappa shape index (κ3) is 7.17. The molecule has 0 aliphatic carbocycles. The lowest BCUT2D eigenvalue weighted by Gasteiger charge is -2.14. The highest BCUT2D eigenvalue weighted by molar-refractivity contribution is 9.10. The third-order valence-electron chi connectivity index (χ3n) is 4.80. The predicted octanol–water partition coefficient (Wildman–Crippen LogP) is 6.28. The SMILES string of the molecule is Cc1ccc(C(C)C)c(OCC(=O)N/N=C\c2cc(Br)ccc2OC(=O)c2ccc(Cl)cc2)c1. The van der Waals surface area contributed by atoms with Gasteiger partial charge in [-0.1, -0.05) is 53.5 Å². The number of ether oxygens (including phenoxy) is 2. The van der Waals surface area contributed by atoms with E-state index >= 15 is 0 Å². The molecule has 6 nitrogen and oxygen atoms in total. The van der Waals surface area contributed by atoms with Crippen molar-refractivity contribution in [3.8, 4) is 11.5 Å². The van der Waals surface area contributed by atoms with Crippen LogP contribution in [0.3, 0.4) is 0 Å². The third-order valence-corrected chi connectivity index (χ3v) is 5.54. The molecule has 0 unspecified atom stereocenters. The quantitative estimate of drug-likeness (QED) is 0.157. The van der Waals surface area contributed by atoms with Crippen LogP contribution in [0.15, 0.2) is 70.2 Å². The Hall–Kier alpha value is -3.16. The van der Waals surface area contributed by atoms with Crippen LogP contribution in [-0.2, 0) is 4.79 Å². The van der Waals surface area contributed by atoms with E-state index in [4.69, 9.17) is 21.1 Å². The maximum Gasteiger partial charge on any atom is 0.343 e. The number of nitrogens with zero attached hydrogens (tertiary/aromatic N) is 1. The van der Waals surface area contributed by atoms with Crippen LogP contribution in [0.5, 0.6) is 11.5 Å². The van der Waals surface area contributed by atoms with E-state index in [1.165, 1.54) is 6.21 Å². The molecule has 3 rings (SSSR count). The number of halogens is 2. The van der Waals surface area contributed by atoms with Crippen LogP contribution in [0.25, 0.3) is 0 Å². The molecule has 0 aromatic heterocycles. The van der Waals surface area contributed by atoms with Crippen molar-refractivity contribution in [2.75, 3.05) is 6.61 Å². The first-order chi connectivity index (χ1) is 16.2. The first-order valence-electron chi connectivity index (χ1n) is 10.6. The van der Waals surface area contributed by atoms with E-state index in [0.717, 1.165) is 15.6 Å². The Morgan fingerprint density at radius 2 is 1.79 bits per heavy atom. The van der Waals surface area contributed by atoms with Crippen LogP contribution in [0, 0.1) is 6.92 Å². The first-order valence-corrected chi connectivity index (χ1v) is 11.7. The van der Waals surface area contributed by atoms with Gasteiger partial charge in [-0.25, -0.2) is 10.2 Å². The zero-order chi connectivity index (χ0) is 24.7. The number of carbonyl (C=O) groups is 2. The largest absolute Gasteiger partial charge is 0.483 e. The highest BCUT2D eigenvalue weighted by atomic mass is 79.9. The number of carbonyl (C=O) groups excluding carboxylic acids is 2. The Labute approximate surface area is 212 Å². The van der Waals surface area contributed by atoms with Gasteiger partial charge in [-0.3, -0.25) is 4.79 Å². The van der Waals surface area contributed by atoms with Gasteiger partial charge < -0.3 is 9.47 Å². The number of rotatable bonds is 8. The fourth-order valence-electron chi connectivity index (χ4n) is 3.05. The molecule has 0 radical (unpaired) electrons. The van der Waals surface area contributed by atoms with Crippen LogP contribution < -0.4 is 14.9 Å². The number of hydrazone groups is 1. The van der Waals surface area contributed by atoms with Crippen molar-refractivity contribution in [3.05, 3.63) is 92.4 Å². The molecule has 1 amide bonds. The normalized spacial score (nSPS) is 11.0. The summed E-state index contributed by atoms with van der Waals surface area (Å²) in [4.78, 5) is 24.7. The molecule has 0 fully saturated rings. The predicted molar refractivity (Wildman–Crippen MR) is 137 cm³/mol. The molecule has 0 aliphatic heterocycles. The van der Waals surface area contributed by atoms with E-state index in [-0.39, 0.29) is 12.5 Å². The van der Waals surface area contributed by atoms with Crippen molar-refractivity contribution >= 4 is 45.6 Å². The molecule has 0 spiro atoms. The molecule has 0 atom stereocenters. The van der Waals surface area contributed by atoms with Crippen LogP contribution in [0.2, 0.25) is 5.02 Å². The molecule has 0 saturated carbocycles. The second-order valence-corrected chi connectivity index (χ2v) is 9.21. The van der Waals surface area contributed by atoms with E-state index in [1.807, 2.05) is 25.1 Å². The van der Waals surface area contributed by atoms with E-state index < -0.39 is 11.9 Å². The van der Waals surface area contributed by atoms with Gasteiger partial charge in [-0.2, -0.15) is 5.10 Å². The number of esters is 1. The van der Waals surface area contributed by atoms with E-state index in [9.17, 15) is 9.59 Å². The minimum atomic E-state index is -0.537. The molecule has 1 N–H and O–H groups in total. The van der Waals surface area contributed by atoms with Gasteiger partial charge in [0, 0.05) is 15.1 Å².